The Hall–Kier alpha value is -4.10. The summed E-state index contributed by atoms with van der Waals surface area (Å²) in [5, 5.41) is 11.0. The fourth-order valence-corrected chi connectivity index (χ4v) is 4.44. The van der Waals surface area contributed by atoms with Crippen molar-refractivity contribution >= 4 is 44.7 Å². The van der Waals surface area contributed by atoms with Crippen LogP contribution in [0.2, 0.25) is 5.02 Å². The molecule has 0 fully saturated rings. The molecule has 3 aromatic carbocycles. The molecule has 0 aliphatic rings. The van der Waals surface area contributed by atoms with E-state index < -0.39 is 60.6 Å². The first-order chi connectivity index (χ1) is 17.7. The monoisotopic (exact) mass is 570 g/mol. The SMILES string of the molecule is C=S(=O)(NC(=O)C(C)OC(=O)c1cc(Oc2ccc(C(F)(F)F)cc2Cl)ccc1[N+](=O)[O-])c1ccccc1. The summed E-state index contributed by atoms with van der Waals surface area (Å²) in [6, 6.07) is 13.0. The maximum Gasteiger partial charge on any atom is 0.416 e. The van der Waals surface area contributed by atoms with E-state index in [1.165, 1.54) is 12.1 Å². The minimum Gasteiger partial charge on any atom is -0.456 e. The number of hydrogen-bond acceptors (Lipinski definition) is 7. The van der Waals surface area contributed by atoms with E-state index in [1.807, 2.05) is 0 Å². The van der Waals surface area contributed by atoms with E-state index in [-0.39, 0.29) is 16.4 Å². The molecule has 3 aromatic rings. The third kappa shape index (κ3) is 6.81. The number of amides is 1. The lowest BCUT2D eigenvalue weighted by molar-refractivity contribution is -0.385. The Labute approximate surface area is 219 Å². The lowest BCUT2D eigenvalue weighted by Gasteiger charge is -2.16. The number of nitrogens with one attached hydrogen (secondary N) is 1. The Morgan fingerprint density at radius 2 is 1.76 bits per heavy atom. The molecule has 1 N–H and O–H groups in total. The Morgan fingerprint density at radius 1 is 1.11 bits per heavy atom. The Balaban J connectivity index is 1.80. The zero-order valence-electron chi connectivity index (χ0n) is 19.4. The summed E-state index contributed by atoms with van der Waals surface area (Å²) in [4.78, 5) is 36.0. The van der Waals surface area contributed by atoms with Crippen molar-refractivity contribution in [2.75, 3.05) is 0 Å². The molecule has 0 heterocycles. The van der Waals surface area contributed by atoms with Crippen molar-refractivity contribution < 1.29 is 41.4 Å². The van der Waals surface area contributed by atoms with Gasteiger partial charge in [-0.1, -0.05) is 29.8 Å². The third-order valence-corrected chi connectivity index (χ3v) is 6.77. The molecular formula is C24H18ClF3N2O7S. The molecule has 2 unspecified atom stereocenters. The smallest absolute Gasteiger partial charge is 0.416 e. The van der Waals surface area contributed by atoms with Gasteiger partial charge in [0.05, 0.1) is 25.2 Å². The predicted molar refractivity (Wildman–Crippen MR) is 133 cm³/mol. The number of ether oxygens (including phenoxy) is 2. The molecule has 38 heavy (non-hydrogen) atoms. The maximum absolute atomic E-state index is 12.9. The first-order valence-corrected chi connectivity index (χ1v) is 12.6. The molecular weight excluding hydrogens is 553 g/mol. The molecule has 1 amide bonds. The van der Waals surface area contributed by atoms with Gasteiger partial charge in [-0.3, -0.25) is 19.6 Å². The summed E-state index contributed by atoms with van der Waals surface area (Å²) >= 11 is 5.87. The molecule has 9 nitrogen and oxygen atoms in total. The number of carbonyl (C=O) groups excluding carboxylic acids is 2. The number of rotatable bonds is 8. The van der Waals surface area contributed by atoms with Gasteiger partial charge < -0.3 is 9.47 Å². The Bertz CT molecular complexity index is 1500. The molecule has 200 valence electrons. The highest BCUT2D eigenvalue weighted by Crippen LogP contribution is 2.37. The number of hydrogen-bond donors (Lipinski definition) is 1. The number of alkyl halides is 3. The second-order valence-corrected chi connectivity index (χ2v) is 10.1. The molecule has 0 aromatic heterocycles. The summed E-state index contributed by atoms with van der Waals surface area (Å²) in [7, 11) is -3.29. The summed E-state index contributed by atoms with van der Waals surface area (Å²) in [5.41, 5.74) is -2.33. The zero-order valence-corrected chi connectivity index (χ0v) is 20.9. The van der Waals surface area contributed by atoms with E-state index in [1.54, 1.807) is 18.2 Å². The van der Waals surface area contributed by atoms with Gasteiger partial charge in [0.1, 0.15) is 17.1 Å². The van der Waals surface area contributed by atoms with Crippen LogP contribution in [0.25, 0.3) is 0 Å². The van der Waals surface area contributed by atoms with Gasteiger partial charge >= 0.3 is 12.1 Å². The largest absolute Gasteiger partial charge is 0.456 e. The molecule has 14 heteroatoms. The molecule has 0 aliphatic carbocycles. The van der Waals surface area contributed by atoms with E-state index >= 15 is 0 Å². The van der Waals surface area contributed by atoms with E-state index in [0.29, 0.717) is 6.07 Å². The third-order valence-electron chi connectivity index (χ3n) is 4.91. The predicted octanol–water partition coefficient (Wildman–Crippen LogP) is 5.41. The van der Waals surface area contributed by atoms with Crippen LogP contribution in [0.1, 0.15) is 22.8 Å². The zero-order chi connectivity index (χ0) is 28.3. The first-order valence-electron chi connectivity index (χ1n) is 10.5. The van der Waals surface area contributed by atoms with Crippen LogP contribution >= 0.6 is 11.6 Å². The molecule has 0 saturated carbocycles. The highest BCUT2D eigenvalue weighted by atomic mass is 35.5. The fraction of sp³-hybridized carbons (Fsp3) is 0.125. The van der Waals surface area contributed by atoms with Crippen molar-refractivity contribution in [1.82, 2.24) is 4.72 Å². The van der Waals surface area contributed by atoms with Crippen LogP contribution in [-0.4, -0.2) is 33.0 Å². The van der Waals surface area contributed by atoms with Gasteiger partial charge in [0.15, 0.2) is 6.10 Å². The molecule has 2 atom stereocenters. The van der Waals surface area contributed by atoms with Gasteiger partial charge in [-0.05, 0) is 49.2 Å². The average Bonchev–Trinajstić information content (AvgIpc) is 2.84. The van der Waals surface area contributed by atoms with Crippen LogP contribution in [0.15, 0.2) is 71.6 Å². The summed E-state index contributed by atoms with van der Waals surface area (Å²) in [6.45, 7) is 1.15. The lowest BCUT2D eigenvalue weighted by atomic mass is 10.1. The quantitative estimate of drug-likeness (QED) is 0.166. The van der Waals surface area contributed by atoms with Gasteiger partial charge in [-0.15, -0.1) is 0 Å². The van der Waals surface area contributed by atoms with Gasteiger partial charge in [-0.25, -0.2) is 9.00 Å². The number of nitro benzene ring substituents is 1. The molecule has 0 radical (unpaired) electrons. The summed E-state index contributed by atoms with van der Waals surface area (Å²) < 4.78 is 64.0. The van der Waals surface area contributed by atoms with Crippen LogP contribution in [-0.2, 0) is 25.4 Å². The molecule has 0 spiro atoms. The van der Waals surface area contributed by atoms with Crippen molar-refractivity contribution in [2.45, 2.75) is 24.1 Å². The van der Waals surface area contributed by atoms with Gasteiger partial charge in [0.2, 0.25) is 0 Å². The number of benzene rings is 3. The summed E-state index contributed by atoms with van der Waals surface area (Å²) in [6.07, 6.45) is -6.18. The van der Waals surface area contributed by atoms with E-state index in [9.17, 15) is 37.1 Å². The van der Waals surface area contributed by atoms with Gasteiger partial charge in [0, 0.05) is 17.0 Å². The van der Waals surface area contributed by atoms with Crippen molar-refractivity contribution in [2.24, 2.45) is 0 Å². The number of esters is 1. The highest BCUT2D eigenvalue weighted by Gasteiger charge is 2.31. The maximum atomic E-state index is 12.9. The number of carbonyl (C=O) groups is 2. The number of nitrogens with zero attached hydrogens (tertiary/aromatic N) is 1. The number of halogens is 4. The first kappa shape index (κ1) is 28.5. The van der Waals surface area contributed by atoms with Gasteiger partial charge in [-0.2, -0.15) is 13.2 Å². The van der Waals surface area contributed by atoms with Crippen LogP contribution in [0, 0.1) is 10.1 Å². The molecule has 0 bridgehead atoms. The van der Waals surface area contributed by atoms with Crippen LogP contribution < -0.4 is 9.46 Å². The van der Waals surface area contributed by atoms with Gasteiger partial charge in [0.25, 0.3) is 11.6 Å². The van der Waals surface area contributed by atoms with E-state index in [2.05, 4.69) is 10.6 Å². The molecule has 0 aliphatic heterocycles. The minimum absolute atomic E-state index is 0.189. The highest BCUT2D eigenvalue weighted by molar-refractivity contribution is 7.99. The fourth-order valence-electron chi connectivity index (χ4n) is 3.01. The molecule has 0 saturated heterocycles. The van der Waals surface area contributed by atoms with Crippen LogP contribution in [0.3, 0.4) is 0 Å². The topological polar surface area (TPSA) is 125 Å². The van der Waals surface area contributed by atoms with Crippen LogP contribution in [0.4, 0.5) is 18.9 Å². The van der Waals surface area contributed by atoms with Crippen molar-refractivity contribution in [3.8, 4) is 11.5 Å². The lowest BCUT2D eigenvalue weighted by Crippen LogP contribution is -2.39. The second kappa shape index (κ2) is 11.1. The van der Waals surface area contributed by atoms with Crippen molar-refractivity contribution in [3.63, 3.8) is 0 Å². The minimum atomic E-state index is -4.64. The standard InChI is InChI=1S/C24H18ClF3N2O7S/c1-14(22(31)29-38(2,35)17-6-4-3-5-7-17)36-23(32)18-13-16(9-10-20(18)30(33)34)37-21-11-8-15(12-19(21)25)24(26,27)28/h3-14H,2H2,1H3,(H,29,31,35). The number of nitro groups is 1. The molecule has 3 rings (SSSR count). The van der Waals surface area contributed by atoms with Crippen molar-refractivity contribution in [3.05, 3.63) is 93.0 Å². The Morgan fingerprint density at radius 3 is 2.34 bits per heavy atom. The van der Waals surface area contributed by atoms with E-state index in [4.69, 9.17) is 21.1 Å². The van der Waals surface area contributed by atoms with E-state index in [0.717, 1.165) is 37.3 Å². The summed E-state index contributed by atoms with van der Waals surface area (Å²) in [5.74, 6) is 0.815. The average molecular weight is 571 g/mol. The van der Waals surface area contributed by atoms with Crippen molar-refractivity contribution in [1.29, 1.82) is 0 Å². The Kier molecular flexibility index (Phi) is 8.32. The second-order valence-electron chi connectivity index (χ2n) is 7.68. The normalized spacial score (nSPS) is 13.6. The van der Waals surface area contributed by atoms with Crippen LogP contribution in [0.5, 0.6) is 11.5 Å².